The van der Waals surface area contributed by atoms with Crippen LogP contribution in [0, 0.1) is 0 Å². The topological polar surface area (TPSA) is 55.8 Å². The molecular formula is C10H15NO4. The molecule has 2 aliphatic heterocycles. The number of ether oxygens (including phenoxy) is 2. The second-order valence-corrected chi connectivity index (χ2v) is 3.94. The summed E-state index contributed by atoms with van der Waals surface area (Å²) in [5.74, 6) is -0.0738. The number of ketones is 1. The first-order valence-electron chi connectivity index (χ1n) is 5.14. The summed E-state index contributed by atoms with van der Waals surface area (Å²) in [7, 11) is 1.61. The van der Waals surface area contributed by atoms with Crippen molar-refractivity contribution in [3.63, 3.8) is 0 Å². The molecule has 0 saturated carbocycles. The van der Waals surface area contributed by atoms with Gasteiger partial charge >= 0.3 is 0 Å². The summed E-state index contributed by atoms with van der Waals surface area (Å²) < 4.78 is 10.5. The van der Waals surface area contributed by atoms with Crippen LogP contribution < -0.4 is 0 Å². The van der Waals surface area contributed by atoms with E-state index in [4.69, 9.17) is 9.47 Å². The van der Waals surface area contributed by atoms with E-state index in [2.05, 4.69) is 0 Å². The standard InChI is InChI=1S/C10H15NO4/c1-14-9-6-15-3-2-8(9)11-5-7(12)4-10(11)13/h8-9H,2-6H2,1H3. The zero-order chi connectivity index (χ0) is 10.8. The number of carbonyl (C=O) groups is 2. The van der Waals surface area contributed by atoms with Crippen LogP contribution in [0.25, 0.3) is 0 Å². The Kier molecular flexibility index (Phi) is 3.02. The third kappa shape index (κ3) is 2.03. The van der Waals surface area contributed by atoms with Gasteiger partial charge in [-0.05, 0) is 6.42 Å². The lowest BCUT2D eigenvalue weighted by atomic mass is 10.0. The number of hydrogen-bond acceptors (Lipinski definition) is 4. The number of likely N-dealkylation sites (tertiary alicyclic amines) is 1. The van der Waals surface area contributed by atoms with Crippen LogP contribution in [-0.4, -0.2) is 55.6 Å². The molecule has 0 bridgehead atoms. The largest absolute Gasteiger partial charge is 0.379 e. The van der Waals surface area contributed by atoms with Crippen molar-refractivity contribution < 1.29 is 19.1 Å². The highest BCUT2D eigenvalue weighted by Crippen LogP contribution is 2.21. The molecule has 0 aromatic carbocycles. The third-order valence-corrected chi connectivity index (χ3v) is 2.99. The van der Waals surface area contributed by atoms with E-state index in [1.165, 1.54) is 0 Å². The van der Waals surface area contributed by atoms with Crippen LogP contribution in [0.5, 0.6) is 0 Å². The molecule has 0 radical (unpaired) electrons. The number of nitrogens with zero attached hydrogens (tertiary/aromatic N) is 1. The average molecular weight is 213 g/mol. The van der Waals surface area contributed by atoms with E-state index in [9.17, 15) is 9.59 Å². The minimum absolute atomic E-state index is 0.00125. The Bertz CT molecular complexity index is 279. The molecule has 2 aliphatic rings. The quantitative estimate of drug-likeness (QED) is 0.585. The Morgan fingerprint density at radius 3 is 2.87 bits per heavy atom. The summed E-state index contributed by atoms with van der Waals surface area (Å²) in [5, 5.41) is 0. The van der Waals surface area contributed by atoms with Gasteiger partial charge in [0.05, 0.1) is 25.6 Å². The Labute approximate surface area is 88.3 Å². The van der Waals surface area contributed by atoms with Gasteiger partial charge in [-0.2, -0.15) is 0 Å². The molecule has 0 aromatic heterocycles. The normalized spacial score (nSPS) is 32.5. The first-order chi connectivity index (χ1) is 7.22. The number of rotatable bonds is 2. The minimum atomic E-state index is -0.103. The maximum Gasteiger partial charge on any atom is 0.230 e. The first kappa shape index (κ1) is 10.6. The monoisotopic (exact) mass is 213 g/mol. The Balaban J connectivity index is 2.07. The molecule has 2 fully saturated rings. The maximum absolute atomic E-state index is 11.6. The van der Waals surface area contributed by atoms with E-state index in [-0.39, 0.29) is 36.8 Å². The average Bonchev–Trinajstić information content (AvgIpc) is 2.57. The van der Waals surface area contributed by atoms with Gasteiger partial charge in [0.15, 0.2) is 5.78 Å². The molecule has 5 heteroatoms. The second kappa shape index (κ2) is 4.28. The van der Waals surface area contributed by atoms with Gasteiger partial charge in [0.1, 0.15) is 6.10 Å². The van der Waals surface area contributed by atoms with E-state index in [0.717, 1.165) is 6.42 Å². The zero-order valence-electron chi connectivity index (χ0n) is 8.77. The fourth-order valence-corrected chi connectivity index (χ4v) is 2.19. The Morgan fingerprint density at radius 1 is 1.47 bits per heavy atom. The molecule has 0 N–H and O–H groups in total. The van der Waals surface area contributed by atoms with Crippen molar-refractivity contribution in [3.05, 3.63) is 0 Å². The number of methoxy groups -OCH3 is 1. The van der Waals surface area contributed by atoms with Gasteiger partial charge in [0, 0.05) is 13.7 Å². The number of carbonyl (C=O) groups excluding carboxylic acids is 2. The van der Waals surface area contributed by atoms with E-state index in [1.807, 2.05) is 0 Å². The summed E-state index contributed by atoms with van der Waals surface area (Å²) >= 11 is 0. The van der Waals surface area contributed by atoms with Crippen molar-refractivity contribution in [3.8, 4) is 0 Å². The lowest BCUT2D eigenvalue weighted by Crippen LogP contribution is -2.50. The first-order valence-corrected chi connectivity index (χ1v) is 5.14. The molecule has 2 atom stereocenters. The number of amides is 1. The molecule has 1 amide bonds. The zero-order valence-corrected chi connectivity index (χ0v) is 8.77. The van der Waals surface area contributed by atoms with E-state index in [1.54, 1.807) is 12.0 Å². The summed E-state index contributed by atoms with van der Waals surface area (Å²) in [6.07, 6.45) is 0.694. The van der Waals surface area contributed by atoms with Crippen LogP contribution >= 0.6 is 0 Å². The van der Waals surface area contributed by atoms with Crippen molar-refractivity contribution in [2.75, 3.05) is 26.9 Å². The van der Waals surface area contributed by atoms with Crippen LogP contribution in [0.2, 0.25) is 0 Å². The molecule has 5 nitrogen and oxygen atoms in total. The third-order valence-electron chi connectivity index (χ3n) is 2.99. The number of hydrogen-bond donors (Lipinski definition) is 0. The highest BCUT2D eigenvalue weighted by Gasteiger charge is 2.38. The molecule has 84 valence electrons. The molecule has 2 heterocycles. The molecule has 0 spiro atoms. The molecule has 2 unspecified atom stereocenters. The molecule has 2 saturated heterocycles. The fourth-order valence-electron chi connectivity index (χ4n) is 2.19. The summed E-state index contributed by atoms with van der Waals surface area (Å²) in [5.41, 5.74) is 0. The maximum atomic E-state index is 11.6. The SMILES string of the molecule is COC1COCCC1N1CC(=O)CC1=O. The lowest BCUT2D eigenvalue weighted by Gasteiger charge is -2.36. The lowest BCUT2D eigenvalue weighted by molar-refractivity contribution is -0.138. The summed E-state index contributed by atoms with van der Waals surface area (Å²) in [6, 6.07) is 0.00250. The predicted octanol–water partition coefficient (Wildman–Crippen LogP) is -0.408. The molecule has 0 aliphatic carbocycles. The van der Waals surface area contributed by atoms with Gasteiger partial charge in [-0.3, -0.25) is 9.59 Å². The van der Waals surface area contributed by atoms with Crippen LogP contribution in [-0.2, 0) is 19.1 Å². The van der Waals surface area contributed by atoms with Gasteiger partial charge in [-0.1, -0.05) is 0 Å². The summed E-state index contributed by atoms with van der Waals surface area (Å²) in [4.78, 5) is 24.4. The van der Waals surface area contributed by atoms with Gasteiger partial charge in [-0.15, -0.1) is 0 Å². The number of Topliss-reactive ketones (excluding diaryl/α,β-unsaturated/α-hetero) is 1. The molecule has 0 aromatic rings. The Morgan fingerprint density at radius 2 is 2.27 bits per heavy atom. The van der Waals surface area contributed by atoms with Gasteiger partial charge < -0.3 is 14.4 Å². The van der Waals surface area contributed by atoms with Crippen LogP contribution in [0.3, 0.4) is 0 Å². The molecule has 2 rings (SSSR count). The van der Waals surface area contributed by atoms with Gasteiger partial charge in [0.25, 0.3) is 0 Å². The molecule has 15 heavy (non-hydrogen) atoms. The van der Waals surface area contributed by atoms with Crippen molar-refractivity contribution in [2.24, 2.45) is 0 Å². The predicted molar refractivity (Wildman–Crippen MR) is 51.4 cm³/mol. The van der Waals surface area contributed by atoms with Gasteiger partial charge in [0.2, 0.25) is 5.91 Å². The smallest absolute Gasteiger partial charge is 0.230 e. The fraction of sp³-hybridized carbons (Fsp3) is 0.800. The van der Waals surface area contributed by atoms with E-state index < -0.39 is 0 Å². The van der Waals surface area contributed by atoms with Crippen LogP contribution in [0.4, 0.5) is 0 Å². The van der Waals surface area contributed by atoms with Crippen molar-refractivity contribution in [1.82, 2.24) is 4.90 Å². The van der Waals surface area contributed by atoms with Crippen LogP contribution in [0.15, 0.2) is 0 Å². The van der Waals surface area contributed by atoms with Crippen molar-refractivity contribution >= 4 is 11.7 Å². The van der Waals surface area contributed by atoms with Gasteiger partial charge in [-0.25, -0.2) is 0 Å². The van der Waals surface area contributed by atoms with Crippen molar-refractivity contribution in [2.45, 2.75) is 25.0 Å². The van der Waals surface area contributed by atoms with Crippen molar-refractivity contribution in [1.29, 1.82) is 0 Å². The highest BCUT2D eigenvalue weighted by molar-refractivity contribution is 6.05. The van der Waals surface area contributed by atoms with Crippen LogP contribution in [0.1, 0.15) is 12.8 Å². The van der Waals surface area contributed by atoms with E-state index >= 15 is 0 Å². The minimum Gasteiger partial charge on any atom is -0.379 e. The Hall–Kier alpha value is -0.940. The molecular weight excluding hydrogens is 198 g/mol. The van der Waals surface area contributed by atoms with E-state index in [0.29, 0.717) is 13.2 Å². The second-order valence-electron chi connectivity index (χ2n) is 3.94. The highest BCUT2D eigenvalue weighted by atomic mass is 16.5. The summed E-state index contributed by atoms with van der Waals surface area (Å²) in [6.45, 7) is 1.37.